The van der Waals surface area contributed by atoms with E-state index >= 15 is 0 Å². The summed E-state index contributed by atoms with van der Waals surface area (Å²) in [7, 11) is 0. The maximum absolute atomic E-state index is 12.3. The number of rotatable bonds is 3. The van der Waals surface area contributed by atoms with Crippen molar-refractivity contribution in [3.63, 3.8) is 0 Å². The number of hydrogen-bond donors (Lipinski definition) is 1. The molecular weight excluding hydrogens is 266 g/mol. The van der Waals surface area contributed by atoms with Crippen LogP contribution in [0.5, 0.6) is 0 Å². The van der Waals surface area contributed by atoms with Gasteiger partial charge in [0.05, 0.1) is 6.42 Å². The molecule has 1 N–H and O–H groups in total. The van der Waals surface area contributed by atoms with E-state index in [4.69, 9.17) is 4.42 Å². The molecule has 0 aliphatic carbocycles. The van der Waals surface area contributed by atoms with Gasteiger partial charge in [-0.25, -0.2) is 4.98 Å². The van der Waals surface area contributed by atoms with Crippen LogP contribution in [-0.2, 0) is 11.2 Å². The Labute approximate surface area is 123 Å². The molecule has 1 amide bonds. The van der Waals surface area contributed by atoms with Gasteiger partial charge in [0.15, 0.2) is 12.0 Å². The number of nitrogens with zero attached hydrogens (tertiary/aromatic N) is 2. The standard InChI is InChI=1S/C16H19N3O2/c20-16(18-14-9-19-5-3-12(14)4-6-19)8-11-1-2-15-13(7-11)17-10-21-15/h1-2,7,10,12,14H,3-6,8-9H2,(H,18,20)/t14-/m0/s1. The van der Waals surface area contributed by atoms with Gasteiger partial charge in [0, 0.05) is 12.6 Å². The normalized spacial score (nSPS) is 27.9. The van der Waals surface area contributed by atoms with Gasteiger partial charge in [-0.1, -0.05) is 6.07 Å². The van der Waals surface area contributed by atoms with Crippen LogP contribution in [0.15, 0.2) is 29.0 Å². The first-order chi connectivity index (χ1) is 10.3. The van der Waals surface area contributed by atoms with Gasteiger partial charge in [0.25, 0.3) is 0 Å². The van der Waals surface area contributed by atoms with Gasteiger partial charge in [0.1, 0.15) is 5.52 Å². The van der Waals surface area contributed by atoms with Crippen LogP contribution in [0.2, 0.25) is 0 Å². The van der Waals surface area contributed by atoms with Crippen molar-refractivity contribution < 1.29 is 9.21 Å². The van der Waals surface area contributed by atoms with E-state index < -0.39 is 0 Å². The number of carbonyl (C=O) groups excluding carboxylic acids is 1. The smallest absolute Gasteiger partial charge is 0.224 e. The first-order valence-corrected chi connectivity index (χ1v) is 7.62. The lowest BCUT2D eigenvalue weighted by atomic mass is 9.84. The Balaban J connectivity index is 1.41. The highest BCUT2D eigenvalue weighted by Gasteiger charge is 2.34. The Morgan fingerprint density at radius 2 is 2.24 bits per heavy atom. The topological polar surface area (TPSA) is 58.4 Å². The number of hydrogen-bond acceptors (Lipinski definition) is 4. The highest BCUT2D eigenvalue weighted by atomic mass is 16.3. The summed E-state index contributed by atoms with van der Waals surface area (Å²) in [5.41, 5.74) is 2.55. The van der Waals surface area contributed by atoms with Crippen molar-refractivity contribution in [3.05, 3.63) is 30.2 Å². The number of piperidine rings is 3. The quantitative estimate of drug-likeness (QED) is 0.930. The average Bonchev–Trinajstić information content (AvgIpc) is 2.96. The van der Waals surface area contributed by atoms with Gasteiger partial charge in [0.2, 0.25) is 5.91 Å². The molecule has 3 fully saturated rings. The molecule has 2 bridgehead atoms. The summed E-state index contributed by atoms with van der Waals surface area (Å²) in [5, 5.41) is 3.22. The van der Waals surface area contributed by atoms with E-state index in [1.807, 2.05) is 18.2 Å². The van der Waals surface area contributed by atoms with Crippen LogP contribution < -0.4 is 5.32 Å². The monoisotopic (exact) mass is 285 g/mol. The second-order valence-electron chi connectivity index (χ2n) is 6.14. The number of oxazole rings is 1. The molecular formula is C16H19N3O2. The Morgan fingerprint density at radius 3 is 3.00 bits per heavy atom. The van der Waals surface area contributed by atoms with Gasteiger partial charge < -0.3 is 14.6 Å². The Morgan fingerprint density at radius 1 is 1.38 bits per heavy atom. The number of nitrogens with one attached hydrogen (secondary N) is 1. The molecule has 5 nitrogen and oxygen atoms in total. The summed E-state index contributed by atoms with van der Waals surface area (Å²) in [5.74, 6) is 0.772. The molecule has 0 spiro atoms. The number of fused-ring (bicyclic) bond motifs is 4. The molecule has 5 heteroatoms. The third-order valence-corrected chi connectivity index (χ3v) is 4.76. The van der Waals surface area contributed by atoms with E-state index in [-0.39, 0.29) is 5.91 Å². The minimum absolute atomic E-state index is 0.108. The van der Waals surface area contributed by atoms with E-state index in [0.717, 1.165) is 23.2 Å². The van der Waals surface area contributed by atoms with Crippen LogP contribution in [0.1, 0.15) is 18.4 Å². The van der Waals surface area contributed by atoms with Crippen LogP contribution in [0.3, 0.4) is 0 Å². The zero-order valence-corrected chi connectivity index (χ0v) is 11.9. The predicted octanol–water partition coefficient (Wildman–Crippen LogP) is 1.58. The molecule has 2 aromatic rings. The van der Waals surface area contributed by atoms with Crippen molar-refractivity contribution in [3.8, 4) is 0 Å². The second kappa shape index (κ2) is 5.15. The Kier molecular flexibility index (Phi) is 3.15. The van der Waals surface area contributed by atoms with E-state index in [2.05, 4.69) is 15.2 Å². The first kappa shape index (κ1) is 12.8. The molecule has 1 aromatic carbocycles. The van der Waals surface area contributed by atoms with Gasteiger partial charge in [-0.2, -0.15) is 0 Å². The van der Waals surface area contributed by atoms with Crippen LogP contribution in [-0.4, -0.2) is 41.5 Å². The maximum atomic E-state index is 12.3. The highest BCUT2D eigenvalue weighted by Crippen LogP contribution is 2.27. The number of carbonyl (C=O) groups is 1. The predicted molar refractivity (Wildman–Crippen MR) is 78.8 cm³/mol. The van der Waals surface area contributed by atoms with E-state index in [1.165, 1.54) is 32.3 Å². The van der Waals surface area contributed by atoms with Crippen molar-refractivity contribution in [1.82, 2.24) is 15.2 Å². The molecule has 1 atom stereocenters. The fourth-order valence-corrected chi connectivity index (χ4v) is 3.59. The van der Waals surface area contributed by atoms with Gasteiger partial charge in [-0.3, -0.25) is 4.79 Å². The molecule has 4 heterocycles. The Hall–Kier alpha value is -1.88. The number of aromatic nitrogens is 1. The molecule has 1 aromatic heterocycles. The molecule has 110 valence electrons. The summed E-state index contributed by atoms with van der Waals surface area (Å²) < 4.78 is 5.22. The minimum Gasteiger partial charge on any atom is -0.443 e. The number of benzene rings is 1. The van der Waals surface area contributed by atoms with Crippen molar-refractivity contribution in [2.75, 3.05) is 19.6 Å². The largest absolute Gasteiger partial charge is 0.443 e. The molecule has 0 saturated carbocycles. The fraction of sp³-hybridized carbons (Fsp3) is 0.500. The summed E-state index contributed by atoms with van der Waals surface area (Å²) in [4.78, 5) is 18.8. The molecule has 0 unspecified atom stereocenters. The van der Waals surface area contributed by atoms with Gasteiger partial charge in [-0.15, -0.1) is 0 Å². The third kappa shape index (κ3) is 2.53. The lowest BCUT2D eigenvalue weighted by Crippen LogP contribution is -2.57. The average molecular weight is 285 g/mol. The Bertz CT molecular complexity index is 658. The second-order valence-corrected chi connectivity index (χ2v) is 6.14. The van der Waals surface area contributed by atoms with Crippen LogP contribution in [0.4, 0.5) is 0 Å². The lowest BCUT2D eigenvalue weighted by Gasteiger charge is -2.44. The fourth-order valence-electron chi connectivity index (χ4n) is 3.59. The van der Waals surface area contributed by atoms with Crippen LogP contribution in [0.25, 0.3) is 11.1 Å². The van der Waals surface area contributed by atoms with Crippen molar-refractivity contribution in [2.45, 2.75) is 25.3 Å². The molecule has 0 radical (unpaired) electrons. The van der Waals surface area contributed by atoms with Crippen LogP contribution in [0, 0.1) is 5.92 Å². The van der Waals surface area contributed by atoms with Crippen molar-refractivity contribution in [1.29, 1.82) is 0 Å². The van der Waals surface area contributed by atoms with Crippen LogP contribution >= 0.6 is 0 Å². The van der Waals surface area contributed by atoms with Crippen molar-refractivity contribution >= 4 is 17.0 Å². The zero-order valence-electron chi connectivity index (χ0n) is 11.9. The zero-order chi connectivity index (χ0) is 14.2. The maximum Gasteiger partial charge on any atom is 0.224 e. The molecule has 3 aliphatic rings. The summed E-state index contributed by atoms with van der Waals surface area (Å²) in [6.07, 6.45) is 4.28. The first-order valence-electron chi connectivity index (χ1n) is 7.62. The SMILES string of the molecule is O=C(Cc1ccc2ocnc2c1)N[C@H]1CN2CCC1CC2. The highest BCUT2D eigenvalue weighted by molar-refractivity contribution is 5.81. The van der Waals surface area contributed by atoms with Crippen molar-refractivity contribution in [2.24, 2.45) is 5.92 Å². The minimum atomic E-state index is 0.108. The molecule has 3 saturated heterocycles. The van der Waals surface area contributed by atoms with Gasteiger partial charge in [-0.05, 0) is 49.5 Å². The molecule has 21 heavy (non-hydrogen) atoms. The summed E-state index contributed by atoms with van der Waals surface area (Å²) >= 11 is 0. The summed E-state index contributed by atoms with van der Waals surface area (Å²) in [6.45, 7) is 3.40. The number of amides is 1. The van der Waals surface area contributed by atoms with E-state index in [0.29, 0.717) is 18.4 Å². The summed E-state index contributed by atoms with van der Waals surface area (Å²) in [6, 6.07) is 6.06. The van der Waals surface area contributed by atoms with E-state index in [9.17, 15) is 4.79 Å². The van der Waals surface area contributed by atoms with E-state index in [1.54, 1.807) is 0 Å². The molecule has 5 rings (SSSR count). The lowest BCUT2D eigenvalue weighted by molar-refractivity contribution is -0.122. The third-order valence-electron chi connectivity index (χ3n) is 4.76. The molecule has 3 aliphatic heterocycles. The van der Waals surface area contributed by atoms with Gasteiger partial charge >= 0.3 is 0 Å².